The molecule has 1 fully saturated rings. The smallest absolute Gasteiger partial charge is 0.159 e. The van der Waals surface area contributed by atoms with Crippen molar-refractivity contribution in [2.24, 2.45) is 0 Å². The fraction of sp³-hybridized carbons (Fsp3) is 0.412. The molecule has 5 nitrogen and oxygen atoms in total. The van der Waals surface area contributed by atoms with Gasteiger partial charge in [0, 0.05) is 48.5 Å². The van der Waals surface area contributed by atoms with E-state index in [9.17, 15) is 5.11 Å². The van der Waals surface area contributed by atoms with Gasteiger partial charge in [-0.2, -0.15) is 0 Å². The Morgan fingerprint density at radius 1 is 1.22 bits per heavy atom. The molecular formula is C17H21BrN4O. The Kier molecular flexibility index (Phi) is 5.38. The van der Waals surface area contributed by atoms with Crippen molar-refractivity contribution in [3.63, 3.8) is 0 Å². The second kappa shape index (κ2) is 7.49. The molecule has 2 heterocycles. The third-order valence-electron chi connectivity index (χ3n) is 4.27. The van der Waals surface area contributed by atoms with E-state index in [2.05, 4.69) is 37.8 Å². The van der Waals surface area contributed by atoms with Gasteiger partial charge in [-0.15, -0.1) is 0 Å². The van der Waals surface area contributed by atoms with Gasteiger partial charge in [-0.25, -0.2) is 9.97 Å². The SMILES string of the molecule is CN1CCN(Cc2ccnc(-c3ccc(Br)cc3)n2)CC1CO. The van der Waals surface area contributed by atoms with E-state index in [0.717, 1.165) is 47.7 Å². The third kappa shape index (κ3) is 4.14. The highest BCUT2D eigenvalue weighted by Crippen LogP contribution is 2.19. The summed E-state index contributed by atoms with van der Waals surface area (Å²) in [5.74, 6) is 0.753. The number of halogens is 1. The maximum atomic E-state index is 9.46. The molecule has 1 N–H and O–H groups in total. The summed E-state index contributed by atoms with van der Waals surface area (Å²) in [7, 11) is 2.06. The van der Waals surface area contributed by atoms with E-state index in [1.807, 2.05) is 36.5 Å². The molecule has 23 heavy (non-hydrogen) atoms. The van der Waals surface area contributed by atoms with Crippen LogP contribution in [-0.4, -0.2) is 64.2 Å². The van der Waals surface area contributed by atoms with Crippen LogP contribution in [0.1, 0.15) is 5.69 Å². The predicted octanol–water partition coefficient (Wildman–Crippen LogP) is 2.01. The standard InChI is InChI=1S/C17H21BrN4O/c1-21-8-9-22(11-16(21)12-23)10-15-6-7-19-17(20-15)13-2-4-14(18)5-3-13/h2-7,16,23H,8-12H2,1H3. The van der Waals surface area contributed by atoms with Crippen molar-refractivity contribution >= 4 is 15.9 Å². The Morgan fingerprint density at radius 3 is 2.74 bits per heavy atom. The molecule has 2 aromatic rings. The second-order valence-corrected chi connectivity index (χ2v) is 6.85. The van der Waals surface area contributed by atoms with Gasteiger partial charge in [0.15, 0.2) is 5.82 Å². The van der Waals surface area contributed by atoms with Gasteiger partial charge in [-0.1, -0.05) is 28.1 Å². The average molecular weight is 377 g/mol. The van der Waals surface area contributed by atoms with Crippen LogP contribution in [-0.2, 0) is 6.54 Å². The van der Waals surface area contributed by atoms with Gasteiger partial charge in [-0.05, 0) is 25.2 Å². The third-order valence-corrected chi connectivity index (χ3v) is 4.80. The Labute approximate surface area is 145 Å². The van der Waals surface area contributed by atoms with Crippen LogP contribution in [0.3, 0.4) is 0 Å². The summed E-state index contributed by atoms with van der Waals surface area (Å²) in [6.45, 7) is 3.81. The van der Waals surface area contributed by atoms with Gasteiger partial charge >= 0.3 is 0 Å². The molecular weight excluding hydrogens is 356 g/mol. The van der Waals surface area contributed by atoms with Gasteiger partial charge in [0.2, 0.25) is 0 Å². The lowest BCUT2D eigenvalue weighted by molar-refractivity contribution is 0.0534. The molecule has 0 saturated carbocycles. The predicted molar refractivity (Wildman–Crippen MR) is 93.9 cm³/mol. The first kappa shape index (κ1) is 16.5. The molecule has 1 aliphatic heterocycles. The van der Waals surface area contributed by atoms with Crippen molar-refractivity contribution < 1.29 is 5.11 Å². The molecule has 1 aromatic carbocycles. The molecule has 0 bridgehead atoms. The highest BCUT2D eigenvalue weighted by molar-refractivity contribution is 9.10. The molecule has 0 radical (unpaired) electrons. The number of likely N-dealkylation sites (N-methyl/N-ethyl adjacent to an activating group) is 1. The molecule has 1 atom stereocenters. The van der Waals surface area contributed by atoms with E-state index in [1.165, 1.54) is 0 Å². The van der Waals surface area contributed by atoms with Crippen LogP contribution in [0.15, 0.2) is 41.0 Å². The van der Waals surface area contributed by atoms with Gasteiger partial charge in [0.05, 0.1) is 12.3 Å². The number of aliphatic hydroxyl groups is 1. The number of hydrogen-bond acceptors (Lipinski definition) is 5. The van der Waals surface area contributed by atoms with Crippen molar-refractivity contribution in [2.45, 2.75) is 12.6 Å². The summed E-state index contributed by atoms with van der Waals surface area (Å²) in [5, 5.41) is 9.46. The number of rotatable bonds is 4. The molecule has 122 valence electrons. The summed E-state index contributed by atoms with van der Waals surface area (Å²) >= 11 is 3.44. The Balaban J connectivity index is 1.71. The fourth-order valence-corrected chi connectivity index (χ4v) is 3.07. The Hall–Kier alpha value is -1.34. The van der Waals surface area contributed by atoms with Crippen LogP contribution in [0.2, 0.25) is 0 Å². The van der Waals surface area contributed by atoms with Crippen LogP contribution in [0, 0.1) is 0 Å². The molecule has 1 unspecified atom stereocenters. The zero-order chi connectivity index (χ0) is 16.2. The van der Waals surface area contributed by atoms with E-state index >= 15 is 0 Å². The van der Waals surface area contributed by atoms with Crippen molar-refractivity contribution in [1.82, 2.24) is 19.8 Å². The van der Waals surface area contributed by atoms with Crippen LogP contribution in [0.5, 0.6) is 0 Å². The number of benzene rings is 1. The summed E-state index contributed by atoms with van der Waals surface area (Å²) in [6.07, 6.45) is 1.82. The molecule has 1 saturated heterocycles. The highest BCUT2D eigenvalue weighted by Gasteiger charge is 2.23. The molecule has 6 heteroatoms. The van der Waals surface area contributed by atoms with Crippen LogP contribution in [0.25, 0.3) is 11.4 Å². The van der Waals surface area contributed by atoms with Crippen LogP contribution in [0.4, 0.5) is 0 Å². The minimum Gasteiger partial charge on any atom is -0.395 e. The van der Waals surface area contributed by atoms with E-state index in [0.29, 0.717) is 0 Å². The molecule has 0 spiro atoms. The minimum absolute atomic E-state index is 0.195. The summed E-state index contributed by atoms with van der Waals surface area (Å²) in [6, 6.07) is 10.2. The van der Waals surface area contributed by atoms with Crippen molar-refractivity contribution in [2.75, 3.05) is 33.3 Å². The first-order valence-electron chi connectivity index (χ1n) is 7.77. The Morgan fingerprint density at radius 2 is 2.00 bits per heavy atom. The monoisotopic (exact) mass is 376 g/mol. The normalized spacial score (nSPS) is 19.9. The second-order valence-electron chi connectivity index (χ2n) is 5.93. The van der Waals surface area contributed by atoms with Crippen molar-refractivity contribution in [3.8, 4) is 11.4 Å². The zero-order valence-electron chi connectivity index (χ0n) is 13.2. The summed E-state index contributed by atoms with van der Waals surface area (Å²) in [5.41, 5.74) is 2.03. The number of piperazine rings is 1. The van der Waals surface area contributed by atoms with E-state index in [1.54, 1.807) is 0 Å². The number of hydrogen-bond donors (Lipinski definition) is 1. The first-order chi connectivity index (χ1) is 11.2. The molecule has 1 aliphatic rings. The lowest BCUT2D eigenvalue weighted by Gasteiger charge is -2.38. The van der Waals surface area contributed by atoms with E-state index in [4.69, 9.17) is 4.98 Å². The first-order valence-corrected chi connectivity index (χ1v) is 8.56. The maximum Gasteiger partial charge on any atom is 0.159 e. The molecule has 3 rings (SSSR count). The topological polar surface area (TPSA) is 52.5 Å². The summed E-state index contributed by atoms with van der Waals surface area (Å²) < 4.78 is 1.05. The Bertz CT molecular complexity index is 649. The lowest BCUT2D eigenvalue weighted by Crippen LogP contribution is -2.52. The number of aliphatic hydroxyl groups excluding tert-OH is 1. The summed E-state index contributed by atoms with van der Waals surface area (Å²) in [4.78, 5) is 13.6. The van der Waals surface area contributed by atoms with Crippen LogP contribution < -0.4 is 0 Å². The fourth-order valence-electron chi connectivity index (χ4n) is 2.80. The highest BCUT2D eigenvalue weighted by atomic mass is 79.9. The van der Waals surface area contributed by atoms with Gasteiger partial charge in [-0.3, -0.25) is 9.80 Å². The quantitative estimate of drug-likeness (QED) is 0.884. The van der Waals surface area contributed by atoms with E-state index in [-0.39, 0.29) is 12.6 Å². The average Bonchev–Trinajstić information content (AvgIpc) is 2.57. The minimum atomic E-state index is 0.195. The van der Waals surface area contributed by atoms with Gasteiger partial charge < -0.3 is 5.11 Å². The molecule has 0 aliphatic carbocycles. The number of nitrogens with zero attached hydrogens (tertiary/aromatic N) is 4. The zero-order valence-corrected chi connectivity index (χ0v) is 14.8. The van der Waals surface area contributed by atoms with Crippen LogP contribution >= 0.6 is 15.9 Å². The maximum absolute atomic E-state index is 9.46. The molecule has 0 amide bonds. The number of aromatic nitrogens is 2. The van der Waals surface area contributed by atoms with E-state index < -0.39 is 0 Å². The lowest BCUT2D eigenvalue weighted by atomic mass is 10.2. The van der Waals surface area contributed by atoms with Crippen molar-refractivity contribution in [3.05, 3.63) is 46.7 Å². The largest absolute Gasteiger partial charge is 0.395 e. The van der Waals surface area contributed by atoms with Gasteiger partial charge in [0.25, 0.3) is 0 Å². The molecule has 1 aromatic heterocycles. The van der Waals surface area contributed by atoms with Crippen molar-refractivity contribution in [1.29, 1.82) is 0 Å². The van der Waals surface area contributed by atoms with Gasteiger partial charge in [0.1, 0.15) is 0 Å².